The molecule has 0 rings (SSSR count). The van der Waals surface area contributed by atoms with E-state index in [1.54, 1.807) is 0 Å². The molecule has 1 unspecified atom stereocenters. The van der Waals surface area contributed by atoms with Gasteiger partial charge in [0.25, 0.3) is 0 Å². The molecule has 0 radical (unpaired) electrons. The third-order valence-corrected chi connectivity index (χ3v) is 3.33. The van der Waals surface area contributed by atoms with Crippen molar-refractivity contribution in [1.82, 2.24) is 10.6 Å². The van der Waals surface area contributed by atoms with Crippen molar-refractivity contribution in [2.24, 2.45) is 10.9 Å². The first-order valence-electron chi connectivity index (χ1n) is 8.87. The Hall–Kier alpha value is -0.810. The Labute approximate surface area is 137 Å². The lowest BCUT2D eigenvalue weighted by Crippen LogP contribution is -2.39. The van der Waals surface area contributed by atoms with Crippen LogP contribution in [0.2, 0.25) is 0 Å². The third kappa shape index (κ3) is 11.8. The topological polar surface area (TPSA) is 54.9 Å². The Bertz CT molecular complexity index is 271. The molecule has 0 saturated heterocycles. The minimum absolute atomic E-state index is 0.286. The van der Waals surface area contributed by atoms with E-state index in [0.717, 1.165) is 58.3 Å². The average Bonchev–Trinajstić information content (AvgIpc) is 2.49. The van der Waals surface area contributed by atoms with Crippen LogP contribution in [0.15, 0.2) is 4.99 Å². The molecule has 0 aromatic heterocycles. The zero-order valence-corrected chi connectivity index (χ0v) is 15.3. The molecule has 0 aliphatic carbocycles. The Morgan fingerprint density at radius 1 is 1.09 bits per heavy atom. The van der Waals surface area contributed by atoms with E-state index in [1.807, 2.05) is 6.92 Å². The number of ether oxygens (including phenoxy) is 2. The molecule has 0 saturated carbocycles. The van der Waals surface area contributed by atoms with E-state index in [0.29, 0.717) is 5.92 Å². The number of nitrogens with zero attached hydrogens (tertiary/aromatic N) is 1. The number of nitrogens with one attached hydrogen (secondary N) is 2. The van der Waals surface area contributed by atoms with E-state index in [2.05, 4.69) is 43.3 Å². The quantitative estimate of drug-likeness (QED) is 0.312. The molecule has 22 heavy (non-hydrogen) atoms. The second kappa shape index (κ2) is 15.1. The summed E-state index contributed by atoms with van der Waals surface area (Å²) in [6, 6.07) is 0. The summed E-state index contributed by atoms with van der Waals surface area (Å²) in [4.78, 5) is 4.61. The Morgan fingerprint density at radius 2 is 1.86 bits per heavy atom. The molecule has 0 fully saturated rings. The second-order valence-electron chi connectivity index (χ2n) is 5.68. The molecule has 0 bridgehead atoms. The van der Waals surface area contributed by atoms with E-state index in [1.165, 1.54) is 6.42 Å². The van der Waals surface area contributed by atoms with Crippen LogP contribution in [0.25, 0.3) is 0 Å². The molecule has 132 valence electrons. The van der Waals surface area contributed by atoms with Crippen molar-refractivity contribution in [3.8, 4) is 0 Å². The van der Waals surface area contributed by atoms with Crippen molar-refractivity contribution in [1.29, 1.82) is 0 Å². The highest BCUT2D eigenvalue weighted by atomic mass is 16.5. The molecule has 2 N–H and O–H groups in total. The smallest absolute Gasteiger partial charge is 0.191 e. The summed E-state index contributed by atoms with van der Waals surface area (Å²) in [5, 5.41) is 6.57. The van der Waals surface area contributed by atoms with Gasteiger partial charge < -0.3 is 20.1 Å². The zero-order chi connectivity index (χ0) is 16.6. The van der Waals surface area contributed by atoms with E-state index < -0.39 is 0 Å². The van der Waals surface area contributed by atoms with Gasteiger partial charge in [0, 0.05) is 32.8 Å². The molecule has 0 aliphatic heterocycles. The number of guanidine groups is 1. The van der Waals surface area contributed by atoms with Crippen LogP contribution in [-0.2, 0) is 9.47 Å². The molecular formula is C17H37N3O2. The maximum Gasteiger partial charge on any atom is 0.191 e. The molecule has 5 heteroatoms. The molecule has 0 aromatic rings. The largest absolute Gasteiger partial charge is 0.380 e. The van der Waals surface area contributed by atoms with Gasteiger partial charge >= 0.3 is 0 Å². The predicted octanol–water partition coefficient (Wildman–Crippen LogP) is 2.81. The SMILES string of the molecule is CCCCOCCNC(=NCCC(OCC)C(C)C)NCC. The summed E-state index contributed by atoms with van der Waals surface area (Å²) >= 11 is 0. The molecule has 1 atom stereocenters. The minimum Gasteiger partial charge on any atom is -0.380 e. The van der Waals surface area contributed by atoms with Crippen molar-refractivity contribution in [3.05, 3.63) is 0 Å². The first-order chi connectivity index (χ1) is 10.7. The van der Waals surface area contributed by atoms with Gasteiger partial charge in [-0.15, -0.1) is 0 Å². The Kier molecular flexibility index (Phi) is 14.5. The molecule has 0 spiro atoms. The van der Waals surface area contributed by atoms with Crippen LogP contribution in [-0.4, -0.2) is 51.5 Å². The fourth-order valence-corrected chi connectivity index (χ4v) is 2.06. The molecule has 0 aliphatic rings. The van der Waals surface area contributed by atoms with Crippen molar-refractivity contribution >= 4 is 5.96 Å². The highest BCUT2D eigenvalue weighted by Gasteiger charge is 2.12. The third-order valence-electron chi connectivity index (χ3n) is 3.33. The number of rotatable bonds is 13. The van der Waals surface area contributed by atoms with Crippen LogP contribution in [0.3, 0.4) is 0 Å². The van der Waals surface area contributed by atoms with E-state index in [-0.39, 0.29) is 6.10 Å². The van der Waals surface area contributed by atoms with Crippen molar-refractivity contribution < 1.29 is 9.47 Å². The second-order valence-corrected chi connectivity index (χ2v) is 5.68. The van der Waals surface area contributed by atoms with Gasteiger partial charge in [0.1, 0.15) is 0 Å². The normalized spacial score (nSPS) is 13.5. The fourth-order valence-electron chi connectivity index (χ4n) is 2.06. The number of unbranched alkanes of at least 4 members (excludes halogenated alkanes) is 1. The highest BCUT2D eigenvalue weighted by molar-refractivity contribution is 5.79. The van der Waals surface area contributed by atoms with Gasteiger partial charge in [-0.05, 0) is 32.6 Å². The zero-order valence-electron chi connectivity index (χ0n) is 15.3. The van der Waals surface area contributed by atoms with Crippen molar-refractivity contribution in [2.45, 2.75) is 60.0 Å². The van der Waals surface area contributed by atoms with Gasteiger partial charge in [-0.2, -0.15) is 0 Å². The molecule has 0 heterocycles. The first kappa shape index (κ1) is 21.2. The van der Waals surface area contributed by atoms with E-state index in [4.69, 9.17) is 9.47 Å². The lowest BCUT2D eigenvalue weighted by atomic mass is 10.0. The Morgan fingerprint density at radius 3 is 2.45 bits per heavy atom. The maximum atomic E-state index is 5.75. The van der Waals surface area contributed by atoms with Gasteiger partial charge in [-0.25, -0.2) is 0 Å². The van der Waals surface area contributed by atoms with Gasteiger partial charge in [-0.1, -0.05) is 27.2 Å². The standard InChI is InChI=1S/C17H37N3O2/c1-6-9-13-21-14-12-20-17(18-7-2)19-11-10-16(15(4)5)22-8-3/h15-16H,6-14H2,1-5H3,(H2,18,19,20). The van der Waals surface area contributed by atoms with Crippen molar-refractivity contribution in [2.75, 3.05) is 39.5 Å². The monoisotopic (exact) mass is 315 g/mol. The molecular weight excluding hydrogens is 278 g/mol. The summed E-state index contributed by atoms with van der Waals surface area (Å²) in [5.41, 5.74) is 0. The Balaban J connectivity index is 4.02. The lowest BCUT2D eigenvalue weighted by Gasteiger charge is -2.20. The minimum atomic E-state index is 0.286. The first-order valence-corrected chi connectivity index (χ1v) is 8.87. The predicted molar refractivity (Wildman–Crippen MR) is 94.6 cm³/mol. The summed E-state index contributed by atoms with van der Waals surface area (Å²) in [6.45, 7) is 15.4. The van der Waals surface area contributed by atoms with E-state index >= 15 is 0 Å². The maximum absolute atomic E-state index is 5.75. The van der Waals surface area contributed by atoms with Crippen LogP contribution in [0, 0.1) is 5.92 Å². The van der Waals surface area contributed by atoms with Gasteiger partial charge in [0.15, 0.2) is 5.96 Å². The van der Waals surface area contributed by atoms with Crippen LogP contribution in [0.1, 0.15) is 53.9 Å². The summed E-state index contributed by atoms with van der Waals surface area (Å²) in [7, 11) is 0. The average molecular weight is 316 g/mol. The van der Waals surface area contributed by atoms with Crippen molar-refractivity contribution in [3.63, 3.8) is 0 Å². The fraction of sp³-hybridized carbons (Fsp3) is 0.941. The highest BCUT2D eigenvalue weighted by Crippen LogP contribution is 2.10. The number of aliphatic imine (C=N–C) groups is 1. The van der Waals surface area contributed by atoms with Crippen LogP contribution >= 0.6 is 0 Å². The number of hydrogen-bond donors (Lipinski definition) is 2. The molecule has 0 aromatic carbocycles. The summed E-state index contributed by atoms with van der Waals surface area (Å²) < 4.78 is 11.3. The van der Waals surface area contributed by atoms with Crippen LogP contribution < -0.4 is 10.6 Å². The van der Waals surface area contributed by atoms with Crippen LogP contribution in [0.4, 0.5) is 0 Å². The summed E-state index contributed by atoms with van der Waals surface area (Å²) in [5.74, 6) is 1.39. The van der Waals surface area contributed by atoms with Crippen LogP contribution in [0.5, 0.6) is 0 Å². The van der Waals surface area contributed by atoms with E-state index in [9.17, 15) is 0 Å². The molecule has 0 amide bonds. The lowest BCUT2D eigenvalue weighted by molar-refractivity contribution is 0.0266. The summed E-state index contributed by atoms with van der Waals surface area (Å²) in [6.07, 6.45) is 3.54. The number of hydrogen-bond acceptors (Lipinski definition) is 3. The molecule has 5 nitrogen and oxygen atoms in total. The van der Waals surface area contributed by atoms with Gasteiger partial charge in [0.2, 0.25) is 0 Å². The van der Waals surface area contributed by atoms with Gasteiger partial charge in [0.05, 0.1) is 12.7 Å². The van der Waals surface area contributed by atoms with Gasteiger partial charge in [-0.3, -0.25) is 4.99 Å².